The average molecular weight is 389 g/mol. The fraction of sp³-hybridized carbons (Fsp3) is 0.0500. The number of benzene rings is 1. The first kappa shape index (κ1) is 19.4. The van der Waals surface area contributed by atoms with Crippen molar-refractivity contribution in [3.8, 4) is 11.3 Å². The van der Waals surface area contributed by atoms with Crippen molar-refractivity contribution in [2.45, 2.75) is 6.92 Å². The molecule has 138 valence electrons. The quantitative estimate of drug-likeness (QED) is 0.214. The number of rotatable bonds is 2. The Balaban J connectivity index is 0.000000351. The predicted molar refractivity (Wildman–Crippen MR) is 96.9 cm³/mol. The fourth-order valence-corrected chi connectivity index (χ4v) is 2.52. The molecular formula is C20H15FeNO4-6. The molecule has 1 heterocycles. The van der Waals surface area contributed by atoms with Gasteiger partial charge >= 0.3 is 5.69 Å². The van der Waals surface area contributed by atoms with Crippen LogP contribution in [0.15, 0.2) is 82.0 Å². The average Bonchev–Trinajstić information content (AvgIpc) is 3.30. The molecule has 4 aromatic rings. The maximum Gasteiger partial charge on any atom is 0.312 e. The van der Waals surface area contributed by atoms with Crippen molar-refractivity contribution in [1.82, 2.24) is 0 Å². The van der Waals surface area contributed by atoms with Crippen LogP contribution in [-0.2, 0) is 17.1 Å². The van der Waals surface area contributed by atoms with Gasteiger partial charge in [0.15, 0.2) is 5.43 Å². The molecule has 0 spiro atoms. The monoisotopic (exact) mass is 389 g/mol. The van der Waals surface area contributed by atoms with E-state index in [1.54, 1.807) is 25.1 Å². The maximum absolute atomic E-state index is 12.1. The first-order valence-corrected chi connectivity index (χ1v) is 7.68. The van der Waals surface area contributed by atoms with Gasteiger partial charge in [-0.3, -0.25) is 10.1 Å². The molecular weight excluding hydrogens is 374 g/mol. The van der Waals surface area contributed by atoms with Crippen LogP contribution in [-0.4, -0.2) is 4.92 Å². The van der Waals surface area contributed by atoms with Crippen molar-refractivity contribution in [2.75, 3.05) is 0 Å². The molecule has 0 unspecified atom stereocenters. The zero-order valence-electron chi connectivity index (χ0n) is 13.9. The number of nitro groups is 1. The Labute approximate surface area is 160 Å². The Kier molecular flexibility index (Phi) is 6.28. The van der Waals surface area contributed by atoms with E-state index in [9.17, 15) is 14.9 Å². The second-order valence-corrected chi connectivity index (χ2v) is 5.53. The van der Waals surface area contributed by atoms with Gasteiger partial charge in [0.05, 0.1) is 16.1 Å². The van der Waals surface area contributed by atoms with Gasteiger partial charge in [0.2, 0.25) is 5.58 Å². The third-order valence-electron chi connectivity index (χ3n) is 3.65. The Morgan fingerprint density at radius 3 is 2.15 bits per heavy atom. The molecule has 5 nitrogen and oxygen atoms in total. The van der Waals surface area contributed by atoms with Crippen LogP contribution in [0.25, 0.3) is 22.3 Å². The van der Waals surface area contributed by atoms with Gasteiger partial charge in [-0.05, 0) is 24.6 Å². The van der Waals surface area contributed by atoms with E-state index < -0.39 is 4.92 Å². The zero-order chi connectivity index (χ0) is 17.8. The number of fused-ring (bicyclic) bond motifs is 1. The number of hydrogen-bond donors (Lipinski definition) is 0. The normalized spacial score (nSPS) is 9.88. The van der Waals surface area contributed by atoms with Crippen molar-refractivity contribution in [2.24, 2.45) is 0 Å². The van der Waals surface area contributed by atoms with Gasteiger partial charge in [0.1, 0.15) is 0 Å². The summed E-state index contributed by atoms with van der Waals surface area (Å²) >= 11 is 0. The van der Waals surface area contributed by atoms with Crippen LogP contribution < -0.4 is 5.43 Å². The number of hydrogen-bond acceptors (Lipinski definition) is 4. The Morgan fingerprint density at radius 1 is 1.04 bits per heavy atom. The third kappa shape index (κ3) is 4.17. The van der Waals surface area contributed by atoms with Crippen molar-refractivity contribution in [1.29, 1.82) is 0 Å². The van der Waals surface area contributed by atoms with Gasteiger partial charge < -0.3 is 39.5 Å². The van der Waals surface area contributed by atoms with Crippen molar-refractivity contribution in [3.05, 3.63) is 98.7 Å². The van der Waals surface area contributed by atoms with Crippen molar-refractivity contribution in [3.63, 3.8) is 0 Å². The van der Waals surface area contributed by atoms with Gasteiger partial charge in [-0.15, -0.1) is 12.1 Å². The number of nitrogens with zero attached hydrogens (tertiary/aromatic N) is 1. The summed E-state index contributed by atoms with van der Waals surface area (Å²) in [6.07, 6.45) is 0. The molecule has 0 N–H and O–H groups in total. The van der Waals surface area contributed by atoms with E-state index in [-0.39, 0.29) is 39.2 Å². The molecule has 0 aliphatic heterocycles. The molecule has 0 aliphatic rings. The number of aryl methyl sites for hydroxylation is 1. The van der Waals surface area contributed by atoms with E-state index in [2.05, 4.69) is 0 Å². The second-order valence-electron chi connectivity index (χ2n) is 5.53. The molecule has 0 radical (unpaired) electrons. The largest absolute Gasteiger partial charge is 0.748 e. The topological polar surface area (TPSA) is 73.3 Å². The van der Waals surface area contributed by atoms with Crippen LogP contribution in [0.2, 0.25) is 0 Å². The Morgan fingerprint density at radius 2 is 1.62 bits per heavy atom. The van der Waals surface area contributed by atoms with E-state index in [0.29, 0.717) is 11.3 Å². The molecule has 1 aromatic heterocycles. The zero-order valence-corrected chi connectivity index (χ0v) is 15.0. The number of non-ortho nitro benzene ring substituents is 1. The minimum atomic E-state index is -0.535. The van der Waals surface area contributed by atoms with E-state index in [1.165, 1.54) is 12.1 Å². The molecule has 0 saturated carbocycles. The van der Waals surface area contributed by atoms with E-state index in [1.807, 2.05) is 42.5 Å². The standard InChI is InChI=1S/C15H10NO4.C5H5.Fe/c1-9-6-11-13(17)8-14(10-4-2-3-5-10)20-15(11)12(7-9)16(18)19;1-2-4-5-3-1;/h2-8H,1H3;1-5H;/q-1;-5;. The molecule has 0 atom stereocenters. The molecule has 4 rings (SSSR count). The second kappa shape index (κ2) is 8.43. The van der Waals surface area contributed by atoms with E-state index in [4.69, 9.17) is 4.42 Å². The van der Waals surface area contributed by atoms with E-state index >= 15 is 0 Å². The van der Waals surface area contributed by atoms with Gasteiger partial charge in [-0.25, -0.2) is 0 Å². The Hall–Kier alpha value is -2.95. The summed E-state index contributed by atoms with van der Waals surface area (Å²) in [4.78, 5) is 22.7. The van der Waals surface area contributed by atoms with Gasteiger partial charge in [0, 0.05) is 23.1 Å². The summed E-state index contributed by atoms with van der Waals surface area (Å²) in [6.45, 7) is 1.71. The summed E-state index contributed by atoms with van der Waals surface area (Å²) in [6, 6.07) is 21.5. The first-order chi connectivity index (χ1) is 12.1. The SMILES string of the molecule is Cc1cc([N+](=O)[O-])c2oc(-[c-]3cccc3)cc(=O)c2c1.[Fe].[cH-]1[cH-][cH-][cH-][cH-]1. The van der Waals surface area contributed by atoms with Gasteiger partial charge in [-0.1, -0.05) is 5.56 Å². The minimum absolute atomic E-state index is 0. The van der Waals surface area contributed by atoms with Crippen LogP contribution in [0.1, 0.15) is 5.56 Å². The summed E-state index contributed by atoms with van der Waals surface area (Å²) in [5.41, 5.74) is 0.917. The van der Waals surface area contributed by atoms with E-state index in [0.717, 1.165) is 5.56 Å². The maximum atomic E-state index is 12.1. The molecule has 3 aromatic carbocycles. The number of nitro benzene ring substituents is 1. The smallest absolute Gasteiger partial charge is 0.312 e. The summed E-state index contributed by atoms with van der Waals surface area (Å²) in [5.74, 6) is 0.333. The molecule has 0 saturated heterocycles. The third-order valence-corrected chi connectivity index (χ3v) is 3.65. The first-order valence-electron chi connectivity index (χ1n) is 7.68. The van der Waals surface area contributed by atoms with Crippen molar-refractivity contribution < 1.29 is 26.4 Å². The molecule has 0 amide bonds. The van der Waals surface area contributed by atoms with Crippen molar-refractivity contribution >= 4 is 16.7 Å². The molecule has 0 fully saturated rings. The summed E-state index contributed by atoms with van der Waals surface area (Å²) in [5, 5.41) is 11.3. The van der Waals surface area contributed by atoms with Crippen LogP contribution >= 0.6 is 0 Å². The van der Waals surface area contributed by atoms with Gasteiger partial charge in [0.25, 0.3) is 0 Å². The van der Waals surface area contributed by atoms with Crippen LogP contribution in [0.4, 0.5) is 5.69 Å². The molecule has 0 aliphatic carbocycles. The fourth-order valence-electron chi connectivity index (χ4n) is 2.52. The Bertz CT molecular complexity index is 1030. The van der Waals surface area contributed by atoms with Gasteiger partial charge in [-0.2, -0.15) is 12.1 Å². The molecule has 0 bridgehead atoms. The summed E-state index contributed by atoms with van der Waals surface area (Å²) in [7, 11) is 0. The summed E-state index contributed by atoms with van der Waals surface area (Å²) < 4.78 is 5.59. The van der Waals surface area contributed by atoms with Crippen LogP contribution in [0, 0.1) is 17.0 Å². The van der Waals surface area contributed by atoms with Crippen LogP contribution in [0.3, 0.4) is 0 Å². The molecule has 6 heteroatoms. The van der Waals surface area contributed by atoms with Crippen LogP contribution in [0.5, 0.6) is 0 Å². The predicted octanol–water partition coefficient (Wildman–Crippen LogP) is 4.80. The minimum Gasteiger partial charge on any atom is -0.748 e. The molecule has 26 heavy (non-hydrogen) atoms.